The average Bonchev–Trinajstić information content (AvgIpc) is 2.38. The number of likely N-dealkylation sites (tertiary alicyclic amines) is 1. The van der Waals surface area contributed by atoms with E-state index < -0.39 is 12.1 Å². The molecule has 2 aliphatic rings. The van der Waals surface area contributed by atoms with Gasteiger partial charge in [0.25, 0.3) is 5.91 Å². The predicted octanol–water partition coefficient (Wildman–Crippen LogP) is 1.38. The third kappa shape index (κ3) is 2.44. The topological polar surface area (TPSA) is 63.7 Å². The quantitative estimate of drug-likeness (QED) is 0.432. The molecule has 0 N–H and O–H groups in total. The molecule has 0 radical (unpaired) electrons. The first-order valence-electron chi connectivity index (χ1n) is 6.32. The second-order valence-electron chi connectivity index (χ2n) is 4.74. The molecule has 0 bridgehead atoms. The van der Waals surface area contributed by atoms with Crippen LogP contribution < -0.4 is 0 Å². The zero-order valence-electron chi connectivity index (χ0n) is 10.3. The minimum absolute atomic E-state index is 0.0739. The zero-order chi connectivity index (χ0) is 13.1. The van der Waals surface area contributed by atoms with Gasteiger partial charge in [0, 0.05) is 0 Å². The summed E-state index contributed by atoms with van der Waals surface area (Å²) in [4.78, 5) is 35.5. The number of β-lactam (4-membered cyclic amide) rings is 1. The van der Waals surface area contributed by atoms with Crippen molar-refractivity contribution in [3.8, 4) is 0 Å². The van der Waals surface area contributed by atoms with E-state index in [1.165, 1.54) is 0 Å². The molecular formula is C13H17NO4. The molecule has 0 spiro atoms. The molecule has 5 heteroatoms. The number of carbonyl (C=O) groups is 3. The number of amides is 2. The average molecular weight is 251 g/mol. The van der Waals surface area contributed by atoms with Crippen molar-refractivity contribution in [1.82, 2.24) is 4.90 Å². The minimum Gasteiger partial charge on any atom is -0.440 e. The maximum absolute atomic E-state index is 11.9. The van der Waals surface area contributed by atoms with Crippen molar-refractivity contribution >= 4 is 17.8 Å². The number of rotatable bonds is 3. The van der Waals surface area contributed by atoms with Gasteiger partial charge in [-0.2, -0.15) is 0 Å². The highest BCUT2D eigenvalue weighted by atomic mass is 16.6. The lowest BCUT2D eigenvalue weighted by Gasteiger charge is -2.37. The molecule has 98 valence electrons. The summed E-state index contributed by atoms with van der Waals surface area (Å²) >= 11 is 0. The Morgan fingerprint density at radius 1 is 1.28 bits per heavy atom. The number of hydrogen-bond donors (Lipinski definition) is 0. The monoisotopic (exact) mass is 251 g/mol. The van der Waals surface area contributed by atoms with Gasteiger partial charge in [-0.1, -0.05) is 25.8 Å². The summed E-state index contributed by atoms with van der Waals surface area (Å²) in [5.41, 5.74) is 0. The van der Waals surface area contributed by atoms with Crippen LogP contribution in [0.5, 0.6) is 0 Å². The van der Waals surface area contributed by atoms with Crippen molar-refractivity contribution < 1.29 is 19.1 Å². The molecule has 0 aromatic heterocycles. The van der Waals surface area contributed by atoms with Crippen LogP contribution in [0.2, 0.25) is 0 Å². The van der Waals surface area contributed by atoms with Crippen molar-refractivity contribution in [3.63, 3.8) is 0 Å². The van der Waals surface area contributed by atoms with Crippen LogP contribution in [-0.2, 0) is 19.1 Å². The van der Waals surface area contributed by atoms with E-state index in [1.807, 2.05) is 0 Å². The summed E-state index contributed by atoms with van der Waals surface area (Å²) in [6.45, 7) is 3.32. The third-order valence-corrected chi connectivity index (χ3v) is 3.51. The Morgan fingerprint density at radius 2 is 1.94 bits per heavy atom. The van der Waals surface area contributed by atoms with Crippen molar-refractivity contribution in [2.24, 2.45) is 5.92 Å². The molecule has 1 unspecified atom stereocenters. The molecule has 5 nitrogen and oxygen atoms in total. The first kappa shape index (κ1) is 12.8. The van der Waals surface area contributed by atoms with E-state index >= 15 is 0 Å². The van der Waals surface area contributed by atoms with E-state index in [0.717, 1.165) is 43.1 Å². The Morgan fingerprint density at radius 3 is 2.50 bits per heavy atom. The van der Waals surface area contributed by atoms with Gasteiger partial charge in [-0.25, -0.2) is 4.90 Å². The highest BCUT2D eigenvalue weighted by Gasteiger charge is 2.43. The molecule has 2 rings (SSSR count). The van der Waals surface area contributed by atoms with E-state index in [4.69, 9.17) is 4.74 Å². The fraction of sp³-hybridized carbons (Fsp3) is 0.615. The molecule has 1 aliphatic heterocycles. The molecule has 1 atom stereocenters. The van der Waals surface area contributed by atoms with Gasteiger partial charge < -0.3 is 4.74 Å². The normalized spacial score (nSPS) is 24.3. The Hall–Kier alpha value is -1.65. The molecule has 1 saturated carbocycles. The van der Waals surface area contributed by atoms with E-state index in [-0.39, 0.29) is 24.2 Å². The highest BCUT2D eigenvalue weighted by Crippen LogP contribution is 2.28. The molecular weight excluding hydrogens is 234 g/mol. The molecule has 2 amide bonds. The van der Waals surface area contributed by atoms with Crippen LogP contribution in [0.1, 0.15) is 38.5 Å². The maximum atomic E-state index is 11.9. The van der Waals surface area contributed by atoms with E-state index in [9.17, 15) is 14.4 Å². The molecule has 2 fully saturated rings. The number of carbonyl (C=O) groups excluding carboxylic acids is 3. The van der Waals surface area contributed by atoms with Gasteiger partial charge in [-0.15, -0.1) is 0 Å². The summed E-state index contributed by atoms with van der Waals surface area (Å²) < 4.78 is 5.23. The van der Waals surface area contributed by atoms with Crippen molar-refractivity contribution in [2.75, 3.05) is 0 Å². The van der Waals surface area contributed by atoms with E-state index in [0.29, 0.717) is 0 Å². The van der Waals surface area contributed by atoms with Crippen LogP contribution in [0.3, 0.4) is 0 Å². The summed E-state index contributed by atoms with van der Waals surface area (Å²) in [5, 5.41) is 0. The fourth-order valence-electron chi connectivity index (χ4n) is 2.41. The Bertz CT molecular complexity index is 384. The van der Waals surface area contributed by atoms with Crippen LogP contribution >= 0.6 is 0 Å². The molecule has 0 aromatic rings. The van der Waals surface area contributed by atoms with Gasteiger partial charge >= 0.3 is 5.97 Å². The summed E-state index contributed by atoms with van der Waals surface area (Å²) in [7, 11) is 0. The van der Waals surface area contributed by atoms with Gasteiger partial charge in [0.05, 0.1) is 12.3 Å². The SMILES string of the molecule is C=CC(=O)N1C(=O)CC1OC(=O)C1CCCCC1. The summed E-state index contributed by atoms with van der Waals surface area (Å²) in [6.07, 6.45) is 5.35. The maximum Gasteiger partial charge on any atom is 0.310 e. The Balaban J connectivity index is 1.89. The number of nitrogens with zero attached hydrogens (tertiary/aromatic N) is 1. The van der Waals surface area contributed by atoms with Gasteiger partial charge in [-0.3, -0.25) is 14.4 Å². The smallest absolute Gasteiger partial charge is 0.310 e. The largest absolute Gasteiger partial charge is 0.440 e. The number of hydrogen-bond acceptors (Lipinski definition) is 4. The molecule has 18 heavy (non-hydrogen) atoms. The lowest BCUT2D eigenvalue weighted by atomic mass is 9.89. The zero-order valence-corrected chi connectivity index (χ0v) is 10.3. The minimum atomic E-state index is -0.725. The van der Waals surface area contributed by atoms with Gasteiger partial charge in [0.2, 0.25) is 5.91 Å². The van der Waals surface area contributed by atoms with Crippen LogP contribution in [0, 0.1) is 5.92 Å². The lowest BCUT2D eigenvalue weighted by Crippen LogP contribution is -2.57. The lowest BCUT2D eigenvalue weighted by molar-refractivity contribution is -0.188. The third-order valence-electron chi connectivity index (χ3n) is 3.51. The van der Waals surface area contributed by atoms with Crippen molar-refractivity contribution in [3.05, 3.63) is 12.7 Å². The first-order valence-corrected chi connectivity index (χ1v) is 6.32. The summed E-state index contributed by atoms with van der Waals surface area (Å²) in [6, 6.07) is 0. The number of ether oxygens (including phenoxy) is 1. The number of esters is 1. The van der Waals surface area contributed by atoms with E-state index in [1.54, 1.807) is 0 Å². The van der Waals surface area contributed by atoms with Crippen LogP contribution in [0.15, 0.2) is 12.7 Å². The molecule has 0 aromatic carbocycles. The summed E-state index contributed by atoms with van der Waals surface area (Å²) in [5.74, 6) is -1.18. The van der Waals surface area contributed by atoms with E-state index in [2.05, 4.69) is 6.58 Å². The van der Waals surface area contributed by atoms with Crippen LogP contribution in [0.4, 0.5) is 0 Å². The van der Waals surface area contributed by atoms with Gasteiger partial charge in [0.1, 0.15) is 0 Å². The van der Waals surface area contributed by atoms with Crippen LogP contribution in [0.25, 0.3) is 0 Å². The van der Waals surface area contributed by atoms with Crippen molar-refractivity contribution in [2.45, 2.75) is 44.8 Å². The number of imide groups is 1. The van der Waals surface area contributed by atoms with Crippen molar-refractivity contribution in [1.29, 1.82) is 0 Å². The Labute approximate surface area is 106 Å². The second kappa shape index (κ2) is 5.33. The van der Waals surface area contributed by atoms with Gasteiger partial charge in [-0.05, 0) is 18.9 Å². The predicted molar refractivity (Wildman–Crippen MR) is 63.1 cm³/mol. The second-order valence-corrected chi connectivity index (χ2v) is 4.74. The molecule has 1 saturated heterocycles. The molecule has 1 aliphatic carbocycles. The van der Waals surface area contributed by atoms with Gasteiger partial charge in [0.15, 0.2) is 6.23 Å². The Kier molecular flexibility index (Phi) is 3.79. The molecule has 1 heterocycles. The first-order chi connectivity index (χ1) is 8.63. The van der Waals surface area contributed by atoms with Crippen LogP contribution in [-0.4, -0.2) is 28.9 Å². The fourth-order valence-corrected chi connectivity index (χ4v) is 2.41. The highest BCUT2D eigenvalue weighted by molar-refractivity contribution is 6.04. The standard InChI is InChI=1S/C13H17NO4/c1-2-10(15)14-11(16)8-12(14)18-13(17)9-6-4-3-5-7-9/h2,9,12H,1,3-8H2.